The summed E-state index contributed by atoms with van der Waals surface area (Å²) in [7, 11) is 0. The summed E-state index contributed by atoms with van der Waals surface area (Å²) >= 11 is 0. The summed E-state index contributed by atoms with van der Waals surface area (Å²) in [5, 5.41) is 6.18. The Bertz CT molecular complexity index is 467. The van der Waals surface area contributed by atoms with Crippen LogP contribution in [0.1, 0.15) is 55.8 Å². The van der Waals surface area contributed by atoms with E-state index in [0.717, 1.165) is 18.2 Å². The van der Waals surface area contributed by atoms with Gasteiger partial charge in [-0.25, -0.2) is 0 Å². The Hall–Kier alpha value is -1.71. The molecule has 1 saturated carbocycles. The van der Waals surface area contributed by atoms with E-state index < -0.39 is 0 Å². The smallest absolute Gasteiger partial charge is 0.251 e. The lowest BCUT2D eigenvalue weighted by Crippen LogP contribution is -2.22. The molecule has 0 radical (unpaired) electrons. The molecule has 4 heteroatoms. The zero-order chi connectivity index (χ0) is 15.1. The topological polar surface area (TPSA) is 67.2 Å². The van der Waals surface area contributed by atoms with E-state index in [1.165, 1.54) is 38.5 Å². The third kappa shape index (κ3) is 4.66. The number of benzene rings is 1. The Morgan fingerprint density at radius 3 is 2.71 bits per heavy atom. The fourth-order valence-corrected chi connectivity index (χ4v) is 3.01. The second-order valence-electron chi connectivity index (χ2n) is 5.88. The predicted molar refractivity (Wildman–Crippen MR) is 88.5 cm³/mol. The average molecular weight is 289 g/mol. The van der Waals surface area contributed by atoms with Crippen molar-refractivity contribution in [1.82, 2.24) is 5.32 Å². The van der Waals surface area contributed by atoms with E-state index in [1.807, 2.05) is 19.1 Å². The van der Waals surface area contributed by atoms with Gasteiger partial charge in [-0.05, 0) is 37.5 Å². The Balaban J connectivity index is 1.84. The van der Waals surface area contributed by atoms with Crippen LogP contribution in [0.25, 0.3) is 0 Å². The van der Waals surface area contributed by atoms with Crippen molar-refractivity contribution >= 4 is 17.3 Å². The normalized spacial score (nSPS) is 15.7. The SMILES string of the molecule is CCNC(=O)c1ccc(NCCC2CCCCC2)c(N)c1. The van der Waals surface area contributed by atoms with Crippen LogP contribution in [0.15, 0.2) is 18.2 Å². The lowest BCUT2D eigenvalue weighted by molar-refractivity contribution is 0.0956. The zero-order valence-corrected chi connectivity index (χ0v) is 13.0. The molecule has 0 saturated heterocycles. The van der Waals surface area contributed by atoms with E-state index in [1.54, 1.807) is 6.07 Å². The van der Waals surface area contributed by atoms with Crippen molar-refractivity contribution in [2.75, 3.05) is 24.1 Å². The van der Waals surface area contributed by atoms with Crippen LogP contribution in [0.5, 0.6) is 0 Å². The van der Waals surface area contributed by atoms with E-state index in [2.05, 4.69) is 10.6 Å². The number of carbonyl (C=O) groups is 1. The van der Waals surface area contributed by atoms with E-state index in [4.69, 9.17) is 5.73 Å². The van der Waals surface area contributed by atoms with E-state index in [-0.39, 0.29) is 5.91 Å². The fourth-order valence-electron chi connectivity index (χ4n) is 3.01. The van der Waals surface area contributed by atoms with Crippen molar-refractivity contribution < 1.29 is 4.79 Å². The van der Waals surface area contributed by atoms with Gasteiger partial charge in [-0.1, -0.05) is 32.1 Å². The third-order valence-electron chi connectivity index (χ3n) is 4.24. The minimum Gasteiger partial charge on any atom is -0.397 e. The summed E-state index contributed by atoms with van der Waals surface area (Å²) in [5.41, 5.74) is 8.22. The van der Waals surface area contributed by atoms with E-state index in [0.29, 0.717) is 17.8 Å². The first-order chi connectivity index (χ1) is 10.2. The Kier molecular flexibility index (Phi) is 5.90. The first-order valence-electron chi connectivity index (χ1n) is 8.12. The second-order valence-corrected chi connectivity index (χ2v) is 5.88. The lowest BCUT2D eigenvalue weighted by Gasteiger charge is -2.22. The lowest BCUT2D eigenvalue weighted by atomic mass is 9.87. The Morgan fingerprint density at radius 1 is 1.29 bits per heavy atom. The summed E-state index contributed by atoms with van der Waals surface area (Å²) in [4.78, 5) is 11.7. The van der Waals surface area contributed by atoms with Crippen LogP contribution in [0.2, 0.25) is 0 Å². The molecule has 21 heavy (non-hydrogen) atoms. The Labute approximate surface area is 127 Å². The van der Waals surface area contributed by atoms with Crippen molar-refractivity contribution in [2.45, 2.75) is 45.4 Å². The molecule has 1 aliphatic carbocycles. The number of carbonyl (C=O) groups excluding carboxylic acids is 1. The molecule has 4 nitrogen and oxygen atoms in total. The van der Waals surface area contributed by atoms with Gasteiger partial charge >= 0.3 is 0 Å². The number of nitrogen functional groups attached to an aromatic ring is 1. The van der Waals surface area contributed by atoms with Gasteiger partial charge in [0.25, 0.3) is 5.91 Å². The molecule has 0 atom stereocenters. The van der Waals surface area contributed by atoms with Gasteiger partial charge in [-0.3, -0.25) is 4.79 Å². The number of hydrogen-bond donors (Lipinski definition) is 3. The minimum atomic E-state index is -0.0713. The molecule has 1 aliphatic rings. The number of amides is 1. The highest BCUT2D eigenvalue weighted by molar-refractivity contribution is 5.96. The van der Waals surface area contributed by atoms with Gasteiger partial charge in [-0.2, -0.15) is 0 Å². The zero-order valence-electron chi connectivity index (χ0n) is 13.0. The van der Waals surface area contributed by atoms with Gasteiger partial charge in [0.2, 0.25) is 0 Å². The Morgan fingerprint density at radius 2 is 2.05 bits per heavy atom. The van der Waals surface area contributed by atoms with E-state index in [9.17, 15) is 4.79 Å². The van der Waals surface area contributed by atoms with Gasteiger partial charge in [0, 0.05) is 18.7 Å². The van der Waals surface area contributed by atoms with Crippen LogP contribution in [-0.4, -0.2) is 19.0 Å². The fraction of sp³-hybridized carbons (Fsp3) is 0.588. The summed E-state index contributed by atoms with van der Waals surface area (Å²) in [6.07, 6.45) is 8.11. The highest BCUT2D eigenvalue weighted by Gasteiger charge is 2.13. The van der Waals surface area contributed by atoms with Gasteiger partial charge in [-0.15, -0.1) is 0 Å². The van der Waals surface area contributed by atoms with Crippen LogP contribution < -0.4 is 16.4 Å². The number of hydrogen-bond acceptors (Lipinski definition) is 3. The van der Waals surface area contributed by atoms with Crippen molar-refractivity contribution in [3.05, 3.63) is 23.8 Å². The predicted octanol–water partition coefficient (Wildman–Crippen LogP) is 3.40. The standard InChI is InChI=1S/C17H27N3O/c1-2-19-17(21)14-8-9-16(15(18)12-14)20-11-10-13-6-4-3-5-7-13/h8-9,12-13,20H,2-7,10-11,18H2,1H3,(H,19,21). The molecular formula is C17H27N3O. The van der Waals surface area contributed by atoms with Crippen LogP contribution in [0, 0.1) is 5.92 Å². The number of nitrogens with two attached hydrogens (primary N) is 1. The molecule has 4 N–H and O–H groups in total. The molecule has 0 heterocycles. The number of anilines is 2. The highest BCUT2D eigenvalue weighted by Crippen LogP contribution is 2.27. The summed E-state index contributed by atoms with van der Waals surface area (Å²) < 4.78 is 0. The average Bonchev–Trinajstić information content (AvgIpc) is 2.50. The first kappa shape index (κ1) is 15.7. The van der Waals surface area contributed by atoms with Gasteiger partial charge in [0.15, 0.2) is 0 Å². The van der Waals surface area contributed by atoms with Crippen molar-refractivity contribution in [3.63, 3.8) is 0 Å². The van der Waals surface area contributed by atoms with Crippen LogP contribution in [0.4, 0.5) is 11.4 Å². The van der Waals surface area contributed by atoms with Crippen LogP contribution in [0.3, 0.4) is 0 Å². The molecule has 1 fully saturated rings. The third-order valence-corrected chi connectivity index (χ3v) is 4.24. The monoisotopic (exact) mass is 289 g/mol. The second kappa shape index (κ2) is 7.91. The molecule has 116 valence electrons. The van der Waals surface area contributed by atoms with E-state index >= 15 is 0 Å². The molecule has 1 aromatic carbocycles. The quantitative estimate of drug-likeness (QED) is 0.703. The molecule has 1 amide bonds. The number of nitrogens with one attached hydrogen (secondary N) is 2. The maximum absolute atomic E-state index is 11.7. The first-order valence-corrected chi connectivity index (χ1v) is 8.12. The largest absolute Gasteiger partial charge is 0.397 e. The maximum atomic E-state index is 11.7. The molecule has 1 aromatic rings. The minimum absolute atomic E-state index is 0.0713. The summed E-state index contributed by atoms with van der Waals surface area (Å²) in [6.45, 7) is 3.48. The summed E-state index contributed by atoms with van der Waals surface area (Å²) in [6, 6.07) is 5.47. The van der Waals surface area contributed by atoms with Crippen molar-refractivity contribution in [1.29, 1.82) is 0 Å². The van der Waals surface area contributed by atoms with Crippen LogP contribution in [-0.2, 0) is 0 Å². The van der Waals surface area contributed by atoms with Gasteiger partial charge in [0.05, 0.1) is 11.4 Å². The molecule has 2 rings (SSSR count). The van der Waals surface area contributed by atoms with Crippen molar-refractivity contribution in [3.8, 4) is 0 Å². The van der Waals surface area contributed by atoms with Crippen molar-refractivity contribution in [2.24, 2.45) is 5.92 Å². The van der Waals surface area contributed by atoms with Gasteiger partial charge in [0.1, 0.15) is 0 Å². The molecule has 0 bridgehead atoms. The molecule has 0 aromatic heterocycles. The molecule has 0 spiro atoms. The molecule has 0 aliphatic heterocycles. The number of rotatable bonds is 6. The summed E-state index contributed by atoms with van der Waals surface area (Å²) in [5.74, 6) is 0.792. The molecule has 0 unspecified atom stereocenters. The maximum Gasteiger partial charge on any atom is 0.251 e. The van der Waals surface area contributed by atoms with Gasteiger partial charge < -0.3 is 16.4 Å². The van der Waals surface area contributed by atoms with Crippen LogP contribution >= 0.6 is 0 Å². The highest BCUT2D eigenvalue weighted by atomic mass is 16.1. The molecular weight excluding hydrogens is 262 g/mol.